The summed E-state index contributed by atoms with van der Waals surface area (Å²) >= 11 is 7.12. The fraction of sp³-hybridized carbons (Fsp3) is 0.370. The number of hydrogen-bond acceptors (Lipinski definition) is 4. The van der Waals surface area contributed by atoms with Crippen molar-refractivity contribution >= 4 is 50.8 Å². The Labute approximate surface area is 218 Å². The van der Waals surface area contributed by atoms with Crippen LogP contribution >= 0.6 is 39.0 Å². The zero-order valence-corrected chi connectivity index (χ0v) is 22.6. The van der Waals surface area contributed by atoms with Gasteiger partial charge in [-0.3, -0.25) is 4.90 Å². The largest absolute Gasteiger partial charge is 0.440 e. The normalized spacial score (nSPS) is 23.6. The van der Waals surface area contributed by atoms with E-state index in [1.807, 2.05) is 30.0 Å². The lowest BCUT2D eigenvalue weighted by atomic mass is 9.84. The Morgan fingerprint density at radius 3 is 2.62 bits per heavy atom. The smallest absolute Gasteiger partial charge is 0.415 e. The van der Waals surface area contributed by atoms with Crippen LogP contribution in [0, 0.1) is 12.8 Å². The predicted octanol–water partition coefficient (Wildman–Crippen LogP) is 7.32. The Hall–Kier alpha value is -1.80. The van der Waals surface area contributed by atoms with E-state index in [9.17, 15) is 4.79 Å². The van der Waals surface area contributed by atoms with Crippen molar-refractivity contribution < 1.29 is 14.0 Å². The van der Waals surface area contributed by atoms with Crippen LogP contribution in [-0.4, -0.2) is 42.2 Å². The second-order valence-electron chi connectivity index (χ2n) is 9.45. The van der Waals surface area contributed by atoms with Crippen LogP contribution in [0.1, 0.15) is 23.3 Å². The zero-order chi connectivity index (χ0) is 23.5. The van der Waals surface area contributed by atoms with Crippen molar-refractivity contribution in [2.45, 2.75) is 37.3 Å². The average Bonchev–Trinajstić information content (AvgIpc) is 3.27. The van der Waals surface area contributed by atoms with Crippen LogP contribution in [-0.2, 0) is 11.3 Å². The van der Waals surface area contributed by atoms with Gasteiger partial charge in [0.25, 0.3) is 0 Å². The number of carbonyl (C=O) groups excluding carboxylic acids is 1. The van der Waals surface area contributed by atoms with Gasteiger partial charge in [0, 0.05) is 34.2 Å². The number of ether oxygens (including phenoxy) is 1. The number of rotatable bonds is 7. The number of halogens is 1. The number of thiophene rings is 1. The van der Waals surface area contributed by atoms with Crippen molar-refractivity contribution in [1.82, 2.24) is 0 Å². The molecule has 6 rings (SSSR count). The number of hydrogen-bond donors (Lipinski definition) is 0. The number of nitrogens with zero attached hydrogens (tertiary/aromatic N) is 2. The van der Waals surface area contributed by atoms with Crippen LogP contribution in [0.25, 0.3) is 0 Å². The standard InChI is InChI=1S/C27H30BrN2O2S2/c1-20-6-5-7-22(16-20)29(17-24-10-11-26(28)34-24)27(31)32-25-18-30(14-12-21(25)13-15-30)19-33-23-8-3-2-4-9-23/h2-11,16,21,25H,12-15,17-19H2,1H3/q+1/t21?,25-,30?/m0/s1. The fourth-order valence-electron chi connectivity index (χ4n) is 5.11. The first-order valence-corrected chi connectivity index (χ1v) is 14.4. The van der Waals surface area contributed by atoms with E-state index in [1.165, 1.54) is 18.0 Å². The Kier molecular flexibility index (Phi) is 7.35. The van der Waals surface area contributed by atoms with Crippen LogP contribution in [0.5, 0.6) is 0 Å². The van der Waals surface area contributed by atoms with E-state index in [2.05, 4.69) is 71.4 Å². The molecule has 0 unspecified atom stereocenters. The molecule has 1 amide bonds. The third-order valence-corrected chi connectivity index (χ3v) is 9.91. The highest BCUT2D eigenvalue weighted by Gasteiger charge is 2.48. The van der Waals surface area contributed by atoms with Gasteiger partial charge in [-0.15, -0.1) is 11.3 Å². The molecule has 0 aliphatic carbocycles. The minimum atomic E-state index is -0.234. The van der Waals surface area contributed by atoms with Gasteiger partial charge in [0.1, 0.15) is 12.4 Å². The van der Waals surface area contributed by atoms with E-state index in [1.54, 1.807) is 16.2 Å². The highest BCUT2D eigenvalue weighted by Crippen LogP contribution is 2.38. The second kappa shape index (κ2) is 10.4. The summed E-state index contributed by atoms with van der Waals surface area (Å²) < 4.78 is 8.40. The van der Waals surface area contributed by atoms with Crippen LogP contribution in [0.15, 0.2) is 75.4 Å². The number of thioether (sulfide) groups is 1. The third-order valence-electron chi connectivity index (χ3n) is 7.02. The molecule has 0 N–H and O–H groups in total. The number of carbonyl (C=O) groups is 1. The van der Waals surface area contributed by atoms with E-state index in [4.69, 9.17) is 4.74 Å². The lowest BCUT2D eigenvalue weighted by Crippen LogP contribution is -2.64. The zero-order valence-electron chi connectivity index (χ0n) is 19.4. The van der Waals surface area contributed by atoms with Gasteiger partial charge in [0.15, 0.2) is 6.10 Å². The third kappa shape index (κ3) is 5.54. The number of benzene rings is 2. The summed E-state index contributed by atoms with van der Waals surface area (Å²) in [5.41, 5.74) is 2.02. The lowest BCUT2D eigenvalue weighted by Gasteiger charge is -2.51. The van der Waals surface area contributed by atoms with Gasteiger partial charge in [-0.05, 0) is 64.8 Å². The van der Waals surface area contributed by atoms with Gasteiger partial charge >= 0.3 is 6.09 Å². The van der Waals surface area contributed by atoms with Crippen molar-refractivity contribution in [3.05, 3.63) is 81.0 Å². The molecule has 0 spiro atoms. The number of amides is 1. The quantitative estimate of drug-likeness (QED) is 0.225. The topological polar surface area (TPSA) is 29.5 Å². The Bertz CT molecular complexity index is 1130. The van der Waals surface area contributed by atoms with Gasteiger partial charge in [-0.2, -0.15) is 0 Å². The molecule has 3 aliphatic rings. The molecule has 0 saturated carbocycles. The van der Waals surface area contributed by atoms with Crippen molar-refractivity contribution in [2.24, 2.45) is 5.92 Å². The van der Waals surface area contributed by atoms with Gasteiger partial charge in [-0.25, -0.2) is 4.79 Å². The van der Waals surface area contributed by atoms with Gasteiger partial charge in [0.2, 0.25) is 0 Å². The summed E-state index contributed by atoms with van der Waals surface area (Å²) in [6.45, 7) is 5.86. The summed E-state index contributed by atoms with van der Waals surface area (Å²) in [6.07, 6.45) is 2.02. The van der Waals surface area contributed by atoms with Crippen LogP contribution in [0.4, 0.5) is 10.5 Å². The van der Waals surface area contributed by atoms with Crippen LogP contribution in [0.3, 0.4) is 0 Å². The van der Waals surface area contributed by atoms with Crippen LogP contribution in [0.2, 0.25) is 0 Å². The molecule has 7 heteroatoms. The first-order valence-electron chi connectivity index (χ1n) is 11.8. The summed E-state index contributed by atoms with van der Waals surface area (Å²) in [5.74, 6) is 1.51. The van der Waals surface area contributed by atoms with Crippen molar-refractivity contribution in [2.75, 3.05) is 30.4 Å². The Morgan fingerprint density at radius 2 is 1.91 bits per heavy atom. The van der Waals surface area contributed by atoms with Crippen molar-refractivity contribution in [3.8, 4) is 0 Å². The fourth-order valence-corrected chi connectivity index (χ4v) is 7.72. The molecule has 1 aromatic heterocycles. The van der Waals surface area contributed by atoms with Gasteiger partial charge < -0.3 is 9.22 Å². The molecule has 3 aliphatic heterocycles. The SMILES string of the molecule is Cc1cccc(N(Cc2ccc(Br)s2)C(=O)O[C@H]2C[N+]3(CSc4ccccc4)CCC2CC3)c1. The summed E-state index contributed by atoms with van der Waals surface area (Å²) in [7, 11) is 0. The number of anilines is 1. The molecule has 0 radical (unpaired) electrons. The van der Waals surface area contributed by atoms with E-state index in [0.717, 1.165) is 49.7 Å². The Balaban J connectivity index is 1.30. The molecule has 4 nitrogen and oxygen atoms in total. The molecule has 4 heterocycles. The van der Waals surface area contributed by atoms with Crippen molar-refractivity contribution in [3.63, 3.8) is 0 Å². The molecule has 3 fully saturated rings. The molecule has 3 aromatic rings. The van der Waals surface area contributed by atoms with Crippen molar-refractivity contribution in [1.29, 1.82) is 0 Å². The number of aryl methyl sites for hydroxylation is 1. The maximum Gasteiger partial charge on any atom is 0.415 e. The Morgan fingerprint density at radius 1 is 1.12 bits per heavy atom. The monoisotopic (exact) mass is 557 g/mol. The summed E-state index contributed by atoms with van der Waals surface area (Å²) in [5, 5.41) is 0. The van der Waals surface area contributed by atoms with E-state index in [0.29, 0.717) is 12.5 Å². The first-order chi connectivity index (χ1) is 16.5. The highest BCUT2D eigenvalue weighted by atomic mass is 79.9. The molecular weight excluding hydrogens is 528 g/mol. The minimum absolute atomic E-state index is 0.0197. The molecule has 34 heavy (non-hydrogen) atoms. The molecular formula is C27H30BrN2O2S2+. The average molecular weight is 559 g/mol. The van der Waals surface area contributed by atoms with E-state index in [-0.39, 0.29) is 12.2 Å². The number of quaternary nitrogens is 1. The molecule has 2 aromatic carbocycles. The number of fused-ring (bicyclic) bond motifs is 3. The van der Waals surface area contributed by atoms with E-state index >= 15 is 0 Å². The van der Waals surface area contributed by atoms with Crippen LogP contribution < -0.4 is 4.90 Å². The first kappa shape index (κ1) is 23.9. The van der Waals surface area contributed by atoms with E-state index < -0.39 is 0 Å². The molecule has 178 valence electrons. The van der Waals surface area contributed by atoms with Gasteiger partial charge in [-0.1, -0.05) is 42.1 Å². The minimum Gasteiger partial charge on any atom is -0.440 e. The summed E-state index contributed by atoms with van der Waals surface area (Å²) in [4.78, 5) is 17.8. The summed E-state index contributed by atoms with van der Waals surface area (Å²) in [6, 6.07) is 22.8. The van der Waals surface area contributed by atoms with Gasteiger partial charge in [0.05, 0.1) is 23.4 Å². The lowest BCUT2D eigenvalue weighted by molar-refractivity contribution is -0.934. The number of piperidine rings is 3. The molecule has 3 saturated heterocycles. The molecule has 1 atom stereocenters. The maximum atomic E-state index is 13.6. The maximum absolute atomic E-state index is 13.6. The predicted molar refractivity (Wildman–Crippen MR) is 144 cm³/mol. The highest BCUT2D eigenvalue weighted by molar-refractivity contribution is 9.11. The second-order valence-corrected chi connectivity index (χ2v) is 13.0. The molecule has 2 bridgehead atoms.